The average Bonchev–Trinajstić information content (AvgIpc) is 1.98. The van der Waals surface area contributed by atoms with Crippen LogP contribution in [0.25, 0.3) is 0 Å². The molecule has 0 amide bonds. The predicted molar refractivity (Wildman–Crippen MR) is 55.6 cm³/mol. The van der Waals surface area contributed by atoms with Crippen LogP contribution in [-0.4, -0.2) is 29.8 Å². The molecule has 1 unspecified atom stereocenters. The third-order valence-electron chi connectivity index (χ3n) is 1.70. The van der Waals surface area contributed by atoms with Crippen molar-refractivity contribution in [2.24, 2.45) is 16.6 Å². The van der Waals surface area contributed by atoms with Crippen molar-refractivity contribution in [2.75, 3.05) is 6.61 Å². The van der Waals surface area contributed by atoms with Crippen LogP contribution in [0.4, 0.5) is 0 Å². The van der Waals surface area contributed by atoms with E-state index in [0.717, 1.165) is 0 Å². The lowest BCUT2D eigenvalue weighted by Crippen LogP contribution is -2.38. The van der Waals surface area contributed by atoms with E-state index in [9.17, 15) is 0 Å². The smallest absolute Gasteiger partial charge is 0.189 e. The van der Waals surface area contributed by atoms with Crippen molar-refractivity contribution < 1.29 is 5.11 Å². The molecule has 0 aliphatic carbocycles. The number of guanidine groups is 1. The van der Waals surface area contributed by atoms with Gasteiger partial charge in [-0.05, 0) is 19.8 Å². The van der Waals surface area contributed by atoms with Crippen molar-refractivity contribution in [3.8, 4) is 0 Å². The maximum absolute atomic E-state index is 8.99. The minimum atomic E-state index is -0.105. The molecular formula is C9H21N3O. The lowest BCUT2D eigenvalue weighted by atomic mass is 10.1. The van der Waals surface area contributed by atoms with Crippen LogP contribution < -0.4 is 11.1 Å². The quantitative estimate of drug-likeness (QED) is 0.438. The zero-order valence-corrected chi connectivity index (χ0v) is 8.91. The highest BCUT2D eigenvalue weighted by atomic mass is 16.3. The van der Waals surface area contributed by atoms with E-state index in [0.29, 0.717) is 11.9 Å². The fourth-order valence-electron chi connectivity index (χ4n) is 0.912. The first-order chi connectivity index (χ1) is 5.97. The van der Waals surface area contributed by atoms with E-state index in [1.54, 1.807) is 0 Å². The van der Waals surface area contributed by atoms with Crippen molar-refractivity contribution in [1.29, 1.82) is 0 Å². The van der Waals surface area contributed by atoms with Gasteiger partial charge in [0, 0.05) is 6.04 Å². The molecule has 4 nitrogen and oxygen atoms in total. The Kier molecular flexibility index (Phi) is 5.46. The summed E-state index contributed by atoms with van der Waals surface area (Å²) in [4.78, 5) is 4.17. The molecule has 0 radical (unpaired) electrons. The van der Waals surface area contributed by atoms with Gasteiger partial charge >= 0.3 is 0 Å². The lowest BCUT2D eigenvalue weighted by molar-refractivity contribution is 0.239. The van der Waals surface area contributed by atoms with Crippen molar-refractivity contribution >= 4 is 5.96 Å². The van der Waals surface area contributed by atoms with E-state index >= 15 is 0 Å². The van der Waals surface area contributed by atoms with E-state index in [1.807, 2.05) is 27.7 Å². The van der Waals surface area contributed by atoms with Gasteiger partial charge in [-0.2, -0.15) is 0 Å². The van der Waals surface area contributed by atoms with Gasteiger partial charge in [-0.1, -0.05) is 13.8 Å². The summed E-state index contributed by atoms with van der Waals surface area (Å²) >= 11 is 0. The van der Waals surface area contributed by atoms with Gasteiger partial charge in [0.15, 0.2) is 5.96 Å². The zero-order chi connectivity index (χ0) is 10.4. The molecule has 0 aromatic rings. The van der Waals surface area contributed by atoms with Crippen LogP contribution in [0.2, 0.25) is 0 Å². The topological polar surface area (TPSA) is 70.6 Å². The Labute approximate surface area is 80.2 Å². The second-order valence-corrected chi connectivity index (χ2v) is 3.81. The number of nitrogens with two attached hydrogens (primary N) is 1. The van der Waals surface area contributed by atoms with Gasteiger partial charge < -0.3 is 16.2 Å². The fourth-order valence-corrected chi connectivity index (χ4v) is 0.912. The number of hydrogen-bond acceptors (Lipinski definition) is 2. The Morgan fingerprint density at radius 1 is 1.38 bits per heavy atom. The molecule has 0 aromatic carbocycles. The Morgan fingerprint density at radius 3 is 2.23 bits per heavy atom. The molecule has 4 N–H and O–H groups in total. The Balaban J connectivity index is 4.16. The molecule has 0 spiro atoms. The highest BCUT2D eigenvalue weighted by Gasteiger charge is 2.10. The highest BCUT2D eigenvalue weighted by molar-refractivity contribution is 5.78. The summed E-state index contributed by atoms with van der Waals surface area (Å²) in [6.07, 6.45) is 0. The molecule has 0 aromatic heterocycles. The van der Waals surface area contributed by atoms with Crippen molar-refractivity contribution in [3.05, 3.63) is 0 Å². The van der Waals surface area contributed by atoms with Gasteiger partial charge in [0.25, 0.3) is 0 Å². The zero-order valence-electron chi connectivity index (χ0n) is 8.91. The minimum Gasteiger partial charge on any atom is -0.394 e. The number of rotatable bonds is 4. The van der Waals surface area contributed by atoms with Crippen LogP contribution >= 0.6 is 0 Å². The first-order valence-electron chi connectivity index (χ1n) is 4.68. The standard InChI is InChI=1S/C9H21N3O/c1-6(2)8(5-13)12-9(10)11-7(3)4/h6-8,13H,5H2,1-4H3,(H3,10,11,12). The molecule has 78 valence electrons. The van der Waals surface area contributed by atoms with Crippen molar-refractivity contribution in [2.45, 2.75) is 39.8 Å². The van der Waals surface area contributed by atoms with Gasteiger partial charge in [-0.3, -0.25) is 0 Å². The summed E-state index contributed by atoms with van der Waals surface area (Å²) < 4.78 is 0. The van der Waals surface area contributed by atoms with Crippen molar-refractivity contribution in [3.63, 3.8) is 0 Å². The monoisotopic (exact) mass is 187 g/mol. The van der Waals surface area contributed by atoms with Crippen LogP contribution in [-0.2, 0) is 0 Å². The molecule has 4 heteroatoms. The first kappa shape index (κ1) is 12.2. The second kappa shape index (κ2) is 5.80. The van der Waals surface area contributed by atoms with E-state index in [-0.39, 0.29) is 18.7 Å². The number of aliphatic hydroxyl groups is 1. The summed E-state index contributed by atoms with van der Waals surface area (Å²) in [6, 6.07) is 0.168. The van der Waals surface area contributed by atoms with E-state index in [1.165, 1.54) is 0 Å². The van der Waals surface area contributed by atoms with Gasteiger partial charge in [-0.15, -0.1) is 0 Å². The maximum atomic E-state index is 8.99. The van der Waals surface area contributed by atoms with Crippen LogP contribution in [0.1, 0.15) is 27.7 Å². The molecule has 0 heterocycles. The van der Waals surface area contributed by atoms with Crippen molar-refractivity contribution in [1.82, 2.24) is 5.32 Å². The number of nitrogens with zero attached hydrogens (tertiary/aromatic N) is 1. The number of hydrogen-bond donors (Lipinski definition) is 3. The normalized spacial score (nSPS) is 15.2. The molecule has 0 rings (SSSR count). The molecule has 13 heavy (non-hydrogen) atoms. The molecule has 0 bridgehead atoms. The van der Waals surface area contributed by atoms with E-state index < -0.39 is 0 Å². The molecule has 0 aliphatic rings. The molecule has 0 saturated carbocycles. The predicted octanol–water partition coefficient (Wildman–Crippen LogP) is 0.316. The van der Waals surface area contributed by atoms with Gasteiger partial charge in [0.05, 0.1) is 12.6 Å². The average molecular weight is 187 g/mol. The van der Waals surface area contributed by atoms with Gasteiger partial charge in [-0.25, -0.2) is 4.99 Å². The summed E-state index contributed by atoms with van der Waals surface area (Å²) in [5, 5.41) is 12.0. The van der Waals surface area contributed by atoms with Crippen LogP contribution in [0.15, 0.2) is 4.99 Å². The highest BCUT2D eigenvalue weighted by Crippen LogP contribution is 2.04. The summed E-state index contributed by atoms with van der Waals surface area (Å²) in [5.74, 6) is 0.709. The Morgan fingerprint density at radius 2 is 1.92 bits per heavy atom. The lowest BCUT2D eigenvalue weighted by Gasteiger charge is -2.16. The molecule has 0 saturated heterocycles. The molecular weight excluding hydrogens is 166 g/mol. The minimum absolute atomic E-state index is 0.0398. The third kappa shape index (κ3) is 5.47. The molecule has 0 fully saturated rings. The maximum Gasteiger partial charge on any atom is 0.189 e. The van der Waals surface area contributed by atoms with Gasteiger partial charge in [0.2, 0.25) is 0 Å². The Bertz CT molecular complexity index is 166. The number of aliphatic imine (C=N–C) groups is 1. The van der Waals surface area contributed by atoms with E-state index in [2.05, 4.69) is 10.3 Å². The largest absolute Gasteiger partial charge is 0.394 e. The van der Waals surface area contributed by atoms with Crippen LogP contribution in [0, 0.1) is 5.92 Å². The molecule has 1 atom stereocenters. The van der Waals surface area contributed by atoms with Gasteiger partial charge in [0.1, 0.15) is 0 Å². The summed E-state index contributed by atoms with van der Waals surface area (Å²) in [5.41, 5.74) is 5.62. The second-order valence-electron chi connectivity index (χ2n) is 3.81. The van der Waals surface area contributed by atoms with Crippen LogP contribution in [0.3, 0.4) is 0 Å². The Hall–Kier alpha value is -0.770. The van der Waals surface area contributed by atoms with Crippen LogP contribution in [0.5, 0.6) is 0 Å². The summed E-state index contributed by atoms with van der Waals surface area (Å²) in [7, 11) is 0. The fraction of sp³-hybridized carbons (Fsp3) is 0.889. The first-order valence-corrected chi connectivity index (χ1v) is 4.68. The number of aliphatic hydroxyl groups excluding tert-OH is 1. The SMILES string of the molecule is CC(C)NC(N)=NC(CO)C(C)C. The summed E-state index contributed by atoms with van der Waals surface area (Å²) in [6.45, 7) is 8.04. The molecule has 0 aliphatic heterocycles. The third-order valence-corrected chi connectivity index (χ3v) is 1.70. The number of nitrogens with one attached hydrogen (secondary N) is 1. The van der Waals surface area contributed by atoms with E-state index in [4.69, 9.17) is 10.8 Å².